The van der Waals surface area contributed by atoms with Crippen LogP contribution in [0.1, 0.15) is 5.56 Å². The Morgan fingerprint density at radius 3 is 2.85 bits per heavy atom. The van der Waals surface area contributed by atoms with Gasteiger partial charge in [0.15, 0.2) is 0 Å². The molecule has 0 aliphatic rings. The number of hydrogen-bond donors (Lipinski definition) is 0. The Balaban J connectivity index is 2.85. The van der Waals surface area contributed by atoms with Crippen LogP contribution in [0.15, 0.2) is 22.0 Å². The highest BCUT2D eigenvalue weighted by atomic mass is 79.9. The van der Waals surface area contributed by atoms with Gasteiger partial charge in [-0.1, -0.05) is 31.9 Å². The Morgan fingerprint density at radius 2 is 2.15 bits per heavy atom. The molecular weight excluding hydrogens is 319 g/mol. The van der Waals surface area contributed by atoms with Crippen LogP contribution in [0, 0.1) is 5.82 Å². The van der Waals surface area contributed by atoms with Crippen molar-refractivity contribution in [2.24, 2.45) is 0 Å². The predicted octanol–water partition coefficient (Wildman–Crippen LogP) is 4.70. The maximum absolute atomic E-state index is 13.3. The molecule has 0 saturated carbocycles. The van der Waals surface area contributed by atoms with Gasteiger partial charge in [0.25, 0.3) is 0 Å². The van der Waals surface area contributed by atoms with Gasteiger partial charge in [-0.15, -0.1) is 11.3 Å². The molecule has 0 radical (unpaired) electrons. The summed E-state index contributed by atoms with van der Waals surface area (Å²) in [6.45, 7) is 0. The zero-order valence-electron chi connectivity index (χ0n) is 6.48. The Morgan fingerprint density at radius 1 is 1.38 bits per heavy atom. The van der Waals surface area contributed by atoms with Crippen molar-refractivity contribution >= 4 is 53.3 Å². The number of hydrogen-bond acceptors (Lipinski definition) is 1. The van der Waals surface area contributed by atoms with Gasteiger partial charge in [0, 0.05) is 25.3 Å². The lowest BCUT2D eigenvalue weighted by Crippen LogP contribution is -1.81. The average molecular weight is 324 g/mol. The number of thiophene rings is 1. The molecule has 0 bridgehead atoms. The van der Waals surface area contributed by atoms with E-state index in [1.54, 1.807) is 5.38 Å². The minimum absolute atomic E-state index is 0.123. The number of rotatable bonds is 1. The van der Waals surface area contributed by atoms with Crippen LogP contribution in [0.3, 0.4) is 0 Å². The van der Waals surface area contributed by atoms with Gasteiger partial charge < -0.3 is 0 Å². The fourth-order valence-corrected chi connectivity index (χ4v) is 3.27. The Kier molecular flexibility index (Phi) is 2.72. The summed E-state index contributed by atoms with van der Waals surface area (Å²) in [5, 5.41) is 2.96. The van der Waals surface area contributed by atoms with E-state index in [4.69, 9.17) is 0 Å². The second kappa shape index (κ2) is 3.67. The van der Waals surface area contributed by atoms with Gasteiger partial charge in [-0.05, 0) is 17.7 Å². The second-order valence-electron chi connectivity index (χ2n) is 2.66. The summed E-state index contributed by atoms with van der Waals surface area (Å²) in [6.07, 6.45) is 0. The molecule has 0 aliphatic heterocycles. The van der Waals surface area contributed by atoms with Crippen LogP contribution in [-0.4, -0.2) is 0 Å². The maximum Gasteiger partial charge on any atom is 0.142 e. The van der Waals surface area contributed by atoms with Crippen LogP contribution < -0.4 is 0 Å². The molecular formula is C9H5Br2FS. The fourth-order valence-electron chi connectivity index (χ4n) is 1.28. The summed E-state index contributed by atoms with van der Waals surface area (Å²) in [5.74, 6) is -0.123. The lowest BCUT2D eigenvalue weighted by molar-refractivity contribution is 0.643. The van der Waals surface area contributed by atoms with Crippen LogP contribution >= 0.6 is 43.2 Å². The largest absolute Gasteiger partial charge is 0.205 e. The number of alkyl halides is 1. The van der Waals surface area contributed by atoms with E-state index in [9.17, 15) is 4.39 Å². The first-order valence-electron chi connectivity index (χ1n) is 3.63. The second-order valence-corrected chi connectivity index (χ2v) is 5.04. The molecule has 1 aromatic heterocycles. The smallest absolute Gasteiger partial charge is 0.142 e. The number of benzene rings is 1. The Labute approximate surface area is 96.0 Å². The molecule has 2 rings (SSSR count). The Bertz CT molecular complexity index is 450. The van der Waals surface area contributed by atoms with Gasteiger partial charge in [0.1, 0.15) is 5.82 Å². The molecule has 0 spiro atoms. The highest BCUT2D eigenvalue weighted by Crippen LogP contribution is 2.32. The zero-order valence-corrected chi connectivity index (χ0v) is 10.5. The predicted molar refractivity (Wildman–Crippen MR) is 62.1 cm³/mol. The average Bonchev–Trinajstić information content (AvgIpc) is 2.46. The summed E-state index contributed by atoms with van der Waals surface area (Å²) in [4.78, 5) is 0. The van der Waals surface area contributed by atoms with Crippen molar-refractivity contribution in [1.82, 2.24) is 0 Å². The van der Waals surface area contributed by atoms with Gasteiger partial charge in [-0.3, -0.25) is 0 Å². The molecule has 68 valence electrons. The topological polar surface area (TPSA) is 0 Å². The number of halogens is 3. The monoisotopic (exact) mass is 322 g/mol. The third-order valence-corrected chi connectivity index (χ3v) is 3.78. The minimum Gasteiger partial charge on any atom is -0.205 e. The molecule has 0 unspecified atom stereocenters. The van der Waals surface area contributed by atoms with Crippen molar-refractivity contribution in [1.29, 1.82) is 0 Å². The quantitative estimate of drug-likeness (QED) is 0.667. The van der Waals surface area contributed by atoms with Crippen LogP contribution in [0.5, 0.6) is 0 Å². The first-order valence-corrected chi connectivity index (χ1v) is 6.43. The van der Waals surface area contributed by atoms with Crippen molar-refractivity contribution in [3.05, 3.63) is 33.4 Å². The molecule has 0 aliphatic carbocycles. The van der Waals surface area contributed by atoms with E-state index in [0.717, 1.165) is 20.1 Å². The van der Waals surface area contributed by atoms with Gasteiger partial charge in [-0.2, -0.15) is 0 Å². The standard InChI is InChI=1S/C9H5Br2FS/c10-3-5-1-6(11)2-8-9(5)7(12)4-13-8/h1-2,4H,3H2. The van der Waals surface area contributed by atoms with E-state index in [2.05, 4.69) is 31.9 Å². The summed E-state index contributed by atoms with van der Waals surface area (Å²) in [7, 11) is 0. The van der Waals surface area contributed by atoms with E-state index >= 15 is 0 Å². The van der Waals surface area contributed by atoms with Crippen LogP contribution in [0.2, 0.25) is 0 Å². The number of fused-ring (bicyclic) bond motifs is 1. The summed E-state index contributed by atoms with van der Waals surface area (Å²) in [6, 6.07) is 3.88. The first-order chi connectivity index (χ1) is 6.22. The van der Waals surface area contributed by atoms with E-state index in [1.807, 2.05) is 12.1 Å². The third kappa shape index (κ3) is 1.67. The molecule has 4 heteroatoms. The first kappa shape index (κ1) is 9.62. The van der Waals surface area contributed by atoms with Gasteiger partial charge in [0.2, 0.25) is 0 Å². The van der Waals surface area contributed by atoms with Crippen molar-refractivity contribution in [2.45, 2.75) is 5.33 Å². The van der Waals surface area contributed by atoms with E-state index in [-0.39, 0.29) is 5.82 Å². The minimum atomic E-state index is -0.123. The Hall–Kier alpha value is 0.0700. The van der Waals surface area contributed by atoms with Crippen LogP contribution in [-0.2, 0) is 5.33 Å². The van der Waals surface area contributed by atoms with Crippen molar-refractivity contribution in [3.8, 4) is 0 Å². The highest BCUT2D eigenvalue weighted by molar-refractivity contribution is 9.10. The summed E-state index contributed by atoms with van der Waals surface area (Å²) < 4.78 is 15.3. The van der Waals surface area contributed by atoms with Crippen molar-refractivity contribution in [3.63, 3.8) is 0 Å². The van der Waals surface area contributed by atoms with Gasteiger partial charge in [-0.25, -0.2) is 4.39 Å². The zero-order chi connectivity index (χ0) is 9.42. The lowest BCUT2D eigenvalue weighted by Gasteiger charge is -1.99. The maximum atomic E-state index is 13.3. The fraction of sp³-hybridized carbons (Fsp3) is 0.111. The molecule has 0 N–H and O–H groups in total. The molecule has 1 heterocycles. The van der Waals surface area contributed by atoms with Gasteiger partial charge >= 0.3 is 0 Å². The molecule has 0 saturated heterocycles. The van der Waals surface area contributed by atoms with Crippen molar-refractivity contribution < 1.29 is 4.39 Å². The lowest BCUT2D eigenvalue weighted by atomic mass is 10.1. The van der Waals surface area contributed by atoms with E-state index < -0.39 is 0 Å². The molecule has 2 aromatic rings. The third-order valence-electron chi connectivity index (χ3n) is 1.82. The highest BCUT2D eigenvalue weighted by Gasteiger charge is 2.08. The van der Waals surface area contributed by atoms with Crippen LogP contribution in [0.4, 0.5) is 4.39 Å². The molecule has 0 atom stereocenters. The van der Waals surface area contributed by atoms with E-state index in [1.165, 1.54) is 11.3 Å². The SMILES string of the molecule is Fc1csc2cc(Br)cc(CBr)c12. The molecule has 0 amide bonds. The molecule has 1 aromatic carbocycles. The summed E-state index contributed by atoms with van der Waals surface area (Å²) in [5.41, 5.74) is 0.989. The van der Waals surface area contributed by atoms with Crippen molar-refractivity contribution in [2.75, 3.05) is 0 Å². The van der Waals surface area contributed by atoms with Gasteiger partial charge in [0.05, 0.1) is 0 Å². The molecule has 13 heavy (non-hydrogen) atoms. The summed E-state index contributed by atoms with van der Waals surface area (Å²) >= 11 is 8.18. The molecule has 0 nitrogen and oxygen atoms in total. The van der Waals surface area contributed by atoms with E-state index in [0.29, 0.717) is 5.33 Å². The molecule has 0 fully saturated rings. The van der Waals surface area contributed by atoms with Crippen LogP contribution in [0.25, 0.3) is 10.1 Å². The normalized spacial score (nSPS) is 11.0.